The first-order valence-electron chi connectivity index (χ1n) is 4.84. The molecule has 0 saturated heterocycles. The molecule has 0 heterocycles. The molecule has 0 unspecified atom stereocenters. The first-order chi connectivity index (χ1) is 7.63. The standard InChI is InChI=1S/C11H13NO3S/c1-2-15-10(13)7-12-11(14)8-3-5-9(16)6-4-8/h3-6,16H,2,7H2,1H3,(H,12,14)/p-1. The second-order valence-corrected chi connectivity index (χ2v) is 3.48. The van der Waals surface area contributed by atoms with E-state index in [2.05, 4.69) is 10.1 Å². The molecule has 0 aliphatic carbocycles. The Hall–Kier alpha value is -1.62. The van der Waals surface area contributed by atoms with Gasteiger partial charge < -0.3 is 22.7 Å². The van der Waals surface area contributed by atoms with Crippen LogP contribution in [0.3, 0.4) is 0 Å². The number of carbonyl (C=O) groups excluding carboxylic acids is 2. The van der Waals surface area contributed by atoms with Crippen molar-refractivity contribution in [2.75, 3.05) is 13.2 Å². The van der Waals surface area contributed by atoms with Crippen LogP contribution in [-0.2, 0) is 22.2 Å². The smallest absolute Gasteiger partial charge is 0.325 e. The fourth-order valence-corrected chi connectivity index (χ4v) is 1.21. The molecule has 0 atom stereocenters. The zero-order valence-electron chi connectivity index (χ0n) is 8.86. The van der Waals surface area contributed by atoms with Gasteiger partial charge in [0.2, 0.25) is 0 Å². The van der Waals surface area contributed by atoms with Gasteiger partial charge in [-0.1, -0.05) is 24.3 Å². The summed E-state index contributed by atoms with van der Waals surface area (Å²) < 4.78 is 4.68. The SMILES string of the molecule is CCOC(=O)CNC(=O)c1ccc([S-])cc1. The molecular weight excluding hydrogens is 226 g/mol. The van der Waals surface area contributed by atoms with Gasteiger partial charge in [0, 0.05) is 5.56 Å². The highest BCUT2D eigenvalue weighted by molar-refractivity contribution is 7.58. The lowest BCUT2D eigenvalue weighted by Crippen LogP contribution is -2.30. The first-order valence-corrected chi connectivity index (χ1v) is 5.25. The van der Waals surface area contributed by atoms with Crippen LogP contribution >= 0.6 is 0 Å². The highest BCUT2D eigenvalue weighted by Crippen LogP contribution is 2.02. The Morgan fingerprint density at radius 3 is 2.50 bits per heavy atom. The van der Waals surface area contributed by atoms with Crippen molar-refractivity contribution >= 4 is 24.5 Å². The van der Waals surface area contributed by atoms with E-state index in [0.29, 0.717) is 17.1 Å². The van der Waals surface area contributed by atoms with Gasteiger partial charge in [-0.25, -0.2) is 0 Å². The number of amides is 1. The molecule has 1 aromatic rings. The second kappa shape index (κ2) is 6.07. The molecule has 0 aliphatic rings. The summed E-state index contributed by atoms with van der Waals surface area (Å²) in [6.45, 7) is 1.89. The van der Waals surface area contributed by atoms with Crippen molar-refractivity contribution in [3.05, 3.63) is 29.8 Å². The summed E-state index contributed by atoms with van der Waals surface area (Å²) in [6, 6.07) is 6.55. The largest absolute Gasteiger partial charge is 0.780 e. The molecule has 0 radical (unpaired) electrons. The van der Waals surface area contributed by atoms with Crippen molar-refractivity contribution in [3.63, 3.8) is 0 Å². The maximum Gasteiger partial charge on any atom is 0.325 e. The predicted octanol–water partition coefficient (Wildman–Crippen LogP) is 0.885. The Morgan fingerprint density at radius 1 is 1.31 bits per heavy atom. The van der Waals surface area contributed by atoms with Crippen molar-refractivity contribution in [1.82, 2.24) is 5.32 Å². The van der Waals surface area contributed by atoms with Gasteiger partial charge in [0.1, 0.15) is 6.54 Å². The van der Waals surface area contributed by atoms with Crippen molar-refractivity contribution in [1.29, 1.82) is 0 Å². The highest BCUT2D eigenvalue weighted by Gasteiger charge is 2.07. The van der Waals surface area contributed by atoms with E-state index in [0.717, 1.165) is 0 Å². The van der Waals surface area contributed by atoms with Crippen LogP contribution in [0, 0.1) is 0 Å². The number of carbonyl (C=O) groups is 2. The quantitative estimate of drug-likeness (QED) is 0.625. The third kappa shape index (κ3) is 3.86. The van der Waals surface area contributed by atoms with Crippen LogP contribution < -0.4 is 5.32 Å². The van der Waals surface area contributed by atoms with E-state index in [1.54, 1.807) is 31.2 Å². The van der Waals surface area contributed by atoms with Gasteiger partial charge in [-0.3, -0.25) is 9.59 Å². The Balaban J connectivity index is 2.47. The van der Waals surface area contributed by atoms with Gasteiger partial charge in [0.25, 0.3) is 5.91 Å². The summed E-state index contributed by atoms with van der Waals surface area (Å²) in [5, 5.41) is 2.46. The van der Waals surface area contributed by atoms with Crippen LogP contribution in [0.25, 0.3) is 0 Å². The summed E-state index contributed by atoms with van der Waals surface area (Å²) in [6.07, 6.45) is 0. The number of benzene rings is 1. The van der Waals surface area contributed by atoms with E-state index in [1.807, 2.05) is 0 Å². The summed E-state index contributed by atoms with van der Waals surface area (Å²) in [7, 11) is 0. The maximum absolute atomic E-state index is 11.5. The average molecular weight is 238 g/mol. The average Bonchev–Trinajstić information content (AvgIpc) is 2.27. The van der Waals surface area contributed by atoms with Gasteiger partial charge in [0.05, 0.1) is 6.61 Å². The number of hydrogen-bond acceptors (Lipinski definition) is 4. The summed E-state index contributed by atoms with van der Waals surface area (Å²) in [4.78, 5) is 23.2. The number of rotatable bonds is 4. The normalized spacial score (nSPS) is 9.56. The van der Waals surface area contributed by atoms with Gasteiger partial charge in [0.15, 0.2) is 0 Å². The Bertz CT molecular complexity index is 375. The Morgan fingerprint density at radius 2 is 1.94 bits per heavy atom. The molecule has 0 aromatic heterocycles. The molecule has 0 bridgehead atoms. The van der Waals surface area contributed by atoms with E-state index in [9.17, 15) is 9.59 Å². The fraction of sp³-hybridized carbons (Fsp3) is 0.273. The molecule has 86 valence electrons. The summed E-state index contributed by atoms with van der Waals surface area (Å²) in [5.41, 5.74) is 0.470. The zero-order valence-corrected chi connectivity index (χ0v) is 9.67. The lowest BCUT2D eigenvalue weighted by Gasteiger charge is -2.07. The second-order valence-electron chi connectivity index (χ2n) is 3.01. The molecule has 1 aromatic carbocycles. The highest BCUT2D eigenvalue weighted by atomic mass is 32.1. The van der Waals surface area contributed by atoms with E-state index in [4.69, 9.17) is 12.6 Å². The minimum Gasteiger partial charge on any atom is -0.780 e. The van der Waals surface area contributed by atoms with Crippen LogP contribution in [0.4, 0.5) is 0 Å². The number of ether oxygens (including phenoxy) is 1. The lowest BCUT2D eigenvalue weighted by atomic mass is 10.2. The van der Waals surface area contributed by atoms with Crippen LogP contribution in [-0.4, -0.2) is 25.0 Å². The van der Waals surface area contributed by atoms with Gasteiger partial charge in [-0.2, -0.15) is 4.90 Å². The Kier molecular flexibility index (Phi) is 4.72. The van der Waals surface area contributed by atoms with Crippen molar-refractivity contribution < 1.29 is 14.3 Å². The van der Waals surface area contributed by atoms with Crippen LogP contribution in [0.1, 0.15) is 17.3 Å². The number of hydrogen-bond donors (Lipinski definition) is 1. The minimum absolute atomic E-state index is 0.123. The molecule has 4 nitrogen and oxygen atoms in total. The fourth-order valence-electron chi connectivity index (χ4n) is 1.07. The van der Waals surface area contributed by atoms with Crippen LogP contribution in [0.5, 0.6) is 0 Å². The molecule has 0 saturated carbocycles. The molecule has 0 fully saturated rings. The van der Waals surface area contributed by atoms with E-state index < -0.39 is 5.97 Å². The van der Waals surface area contributed by atoms with Crippen molar-refractivity contribution in [2.24, 2.45) is 0 Å². The minimum atomic E-state index is -0.448. The van der Waals surface area contributed by atoms with Crippen LogP contribution in [0.15, 0.2) is 29.2 Å². The van der Waals surface area contributed by atoms with Crippen molar-refractivity contribution in [2.45, 2.75) is 11.8 Å². The molecule has 1 rings (SSSR count). The maximum atomic E-state index is 11.5. The molecule has 1 N–H and O–H groups in total. The van der Waals surface area contributed by atoms with Crippen molar-refractivity contribution in [3.8, 4) is 0 Å². The number of esters is 1. The van der Waals surface area contributed by atoms with Crippen LogP contribution in [0.2, 0.25) is 0 Å². The van der Waals surface area contributed by atoms with Gasteiger partial charge in [-0.15, -0.1) is 0 Å². The molecule has 0 aliphatic heterocycles. The molecule has 0 spiro atoms. The summed E-state index contributed by atoms with van der Waals surface area (Å²) in [5.74, 6) is -0.765. The number of nitrogens with one attached hydrogen (secondary N) is 1. The first kappa shape index (κ1) is 12.4. The monoisotopic (exact) mass is 238 g/mol. The third-order valence-electron chi connectivity index (χ3n) is 1.82. The van der Waals surface area contributed by atoms with Gasteiger partial charge >= 0.3 is 5.97 Å². The molecular formula is C11H12NO3S-. The van der Waals surface area contributed by atoms with E-state index in [-0.39, 0.29) is 12.5 Å². The van der Waals surface area contributed by atoms with E-state index >= 15 is 0 Å². The summed E-state index contributed by atoms with van der Waals surface area (Å²) >= 11 is 4.89. The van der Waals surface area contributed by atoms with E-state index in [1.165, 1.54) is 0 Å². The topological polar surface area (TPSA) is 55.4 Å². The predicted molar refractivity (Wildman–Crippen MR) is 61.0 cm³/mol. The van der Waals surface area contributed by atoms with Gasteiger partial charge in [-0.05, 0) is 6.92 Å². The third-order valence-corrected chi connectivity index (χ3v) is 2.09. The Labute approximate surface area is 99.4 Å². The zero-order chi connectivity index (χ0) is 12.0. The lowest BCUT2D eigenvalue weighted by molar-refractivity contribution is -0.141. The molecule has 1 amide bonds. The molecule has 5 heteroatoms. The molecule has 16 heavy (non-hydrogen) atoms.